The molecule has 2 rings (SSSR count). The summed E-state index contributed by atoms with van der Waals surface area (Å²) in [5, 5.41) is 8.87. The number of hydrogen-bond donors (Lipinski definition) is 3. The first-order chi connectivity index (χ1) is 10.9. The van der Waals surface area contributed by atoms with E-state index in [4.69, 9.17) is 27.8 Å². The second kappa shape index (κ2) is 7.16. The summed E-state index contributed by atoms with van der Waals surface area (Å²) in [4.78, 5) is 25.3. The third kappa shape index (κ3) is 4.02. The fourth-order valence-electron chi connectivity index (χ4n) is 2.04. The number of carbonyl (C=O) groups excluding carboxylic acids is 1. The Labute approximate surface area is 135 Å². The number of aromatic nitrogens is 2. The molecule has 0 aliphatic rings. The monoisotopic (exact) mass is 339 g/mol. The van der Waals surface area contributed by atoms with Crippen LogP contribution in [-0.2, 0) is 11.3 Å². The molecule has 1 amide bonds. The van der Waals surface area contributed by atoms with Gasteiger partial charge in [0, 0.05) is 11.6 Å². The molecule has 2 aromatic rings. The van der Waals surface area contributed by atoms with Gasteiger partial charge in [-0.3, -0.25) is 14.6 Å². The highest BCUT2D eigenvalue weighted by molar-refractivity contribution is 7.71. The summed E-state index contributed by atoms with van der Waals surface area (Å²) in [6.07, 6.45) is 0. The molecule has 23 heavy (non-hydrogen) atoms. The lowest BCUT2D eigenvalue weighted by atomic mass is 10.1. The first-order valence-corrected chi connectivity index (χ1v) is 6.99. The van der Waals surface area contributed by atoms with Gasteiger partial charge in [0.15, 0.2) is 4.77 Å². The van der Waals surface area contributed by atoms with Gasteiger partial charge in [-0.25, -0.2) is 4.39 Å². The van der Waals surface area contributed by atoms with Gasteiger partial charge in [-0.1, -0.05) is 0 Å². The Morgan fingerprint density at radius 1 is 1.43 bits per heavy atom. The smallest absolute Gasteiger partial charge is 0.252 e. The minimum Gasteiger partial charge on any atom is -0.490 e. The van der Waals surface area contributed by atoms with Gasteiger partial charge in [0.2, 0.25) is 5.91 Å². The molecule has 0 aliphatic heterocycles. The SMILES string of the molecule is NC(=O)Cn1c(-c2cc(F)ccc2OCCO)cc(=O)[nH]c1=S. The van der Waals surface area contributed by atoms with Crippen LogP contribution in [0.1, 0.15) is 0 Å². The molecule has 0 bridgehead atoms. The molecule has 0 aliphatic carbocycles. The van der Waals surface area contributed by atoms with Crippen molar-refractivity contribution < 1.29 is 19.0 Å². The summed E-state index contributed by atoms with van der Waals surface area (Å²) in [6.45, 7) is -0.543. The summed E-state index contributed by atoms with van der Waals surface area (Å²) in [5.41, 5.74) is 5.08. The summed E-state index contributed by atoms with van der Waals surface area (Å²) in [7, 11) is 0. The molecule has 9 heteroatoms. The average Bonchev–Trinajstić information content (AvgIpc) is 2.48. The molecule has 4 N–H and O–H groups in total. The van der Waals surface area contributed by atoms with Gasteiger partial charge in [-0.05, 0) is 30.4 Å². The summed E-state index contributed by atoms with van der Waals surface area (Å²) in [5.74, 6) is -1.00. The largest absolute Gasteiger partial charge is 0.490 e. The predicted octanol–water partition coefficient (Wildman–Crippen LogP) is 0.568. The number of primary amides is 1. The standard InChI is InChI=1S/C14H14FN3O4S/c15-8-1-2-11(22-4-3-19)9(5-8)10-6-13(21)17-14(23)18(10)7-12(16)20/h1-2,5-6,19H,3-4,7H2,(H2,16,20)(H,17,21,23). The minimum absolute atomic E-state index is 0.0155. The van der Waals surface area contributed by atoms with E-state index >= 15 is 0 Å². The minimum atomic E-state index is -0.677. The molecule has 7 nitrogen and oxygen atoms in total. The number of benzene rings is 1. The lowest BCUT2D eigenvalue weighted by molar-refractivity contribution is -0.118. The molecule has 0 spiro atoms. The number of rotatable bonds is 6. The van der Waals surface area contributed by atoms with Crippen LogP contribution in [0.4, 0.5) is 4.39 Å². The molecule has 122 valence electrons. The highest BCUT2D eigenvalue weighted by Crippen LogP contribution is 2.30. The van der Waals surface area contributed by atoms with E-state index in [1.807, 2.05) is 0 Å². The van der Waals surface area contributed by atoms with Crippen molar-refractivity contribution in [2.24, 2.45) is 5.73 Å². The van der Waals surface area contributed by atoms with Crippen LogP contribution in [0, 0.1) is 10.6 Å². The van der Waals surface area contributed by atoms with Crippen LogP contribution < -0.4 is 16.0 Å². The van der Waals surface area contributed by atoms with E-state index in [0.717, 1.165) is 6.07 Å². The lowest BCUT2D eigenvalue weighted by Gasteiger charge is -2.15. The molecule has 0 fully saturated rings. The number of nitrogens with two attached hydrogens (primary N) is 1. The van der Waals surface area contributed by atoms with E-state index in [2.05, 4.69) is 4.98 Å². The number of aromatic amines is 1. The van der Waals surface area contributed by atoms with Gasteiger partial charge in [0.05, 0.1) is 12.3 Å². The highest BCUT2D eigenvalue weighted by atomic mass is 32.1. The van der Waals surface area contributed by atoms with Crippen molar-refractivity contribution in [1.29, 1.82) is 0 Å². The van der Waals surface area contributed by atoms with Gasteiger partial charge in [0.25, 0.3) is 5.56 Å². The first-order valence-electron chi connectivity index (χ1n) is 6.58. The quantitative estimate of drug-likeness (QED) is 0.667. The van der Waals surface area contributed by atoms with E-state index in [1.54, 1.807) is 0 Å². The Morgan fingerprint density at radius 3 is 2.83 bits per heavy atom. The lowest BCUT2D eigenvalue weighted by Crippen LogP contribution is -2.23. The van der Waals surface area contributed by atoms with Gasteiger partial charge in [-0.2, -0.15) is 0 Å². The van der Waals surface area contributed by atoms with Gasteiger partial charge in [0.1, 0.15) is 24.7 Å². The number of aliphatic hydroxyl groups excluding tert-OH is 1. The Hall–Kier alpha value is -2.52. The zero-order valence-electron chi connectivity index (χ0n) is 11.9. The van der Waals surface area contributed by atoms with E-state index < -0.39 is 17.3 Å². The van der Waals surface area contributed by atoms with Crippen molar-refractivity contribution in [3.05, 3.63) is 45.2 Å². The maximum atomic E-state index is 13.6. The van der Waals surface area contributed by atoms with Crippen molar-refractivity contribution in [3.63, 3.8) is 0 Å². The molecule has 0 atom stereocenters. The molecular weight excluding hydrogens is 325 g/mol. The van der Waals surface area contributed by atoms with E-state index in [-0.39, 0.29) is 41.5 Å². The van der Waals surface area contributed by atoms with Crippen LogP contribution in [0.15, 0.2) is 29.1 Å². The molecule has 1 heterocycles. The number of aliphatic hydroxyl groups is 1. The molecular formula is C14H14FN3O4S. The fraction of sp³-hybridized carbons (Fsp3) is 0.214. The fourth-order valence-corrected chi connectivity index (χ4v) is 2.30. The van der Waals surface area contributed by atoms with Gasteiger partial charge in [-0.15, -0.1) is 0 Å². The maximum absolute atomic E-state index is 13.6. The van der Waals surface area contributed by atoms with Crippen molar-refractivity contribution >= 4 is 18.1 Å². The van der Waals surface area contributed by atoms with E-state index in [9.17, 15) is 14.0 Å². The second-order valence-electron chi connectivity index (χ2n) is 4.59. The molecule has 1 aromatic carbocycles. The Kier molecular flexibility index (Phi) is 5.24. The number of H-pyrrole nitrogens is 1. The molecule has 0 saturated heterocycles. The summed E-state index contributed by atoms with van der Waals surface area (Å²) < 4.78 is 20.2. The Balaban J connectivity index is 2.70. The topological polar surface area (TPSA) is 110 Å². The van der Waals surface area contributed by atoms with Crippen molar-refractivity contribution in [2.45, 2.75) is 6.54 Å². The molecule has 1 aromatic heterocycles. The number of nitrogens with zero attached hydrogens (tertiary/aromatic N) is 1. The van der Waals surface area contributed by atoms with Crippen LogP contribution in [0.25, 0.3) is 11.3 Å². The number of amides is 1. The number of carbonyl (C=O) groups is 1. The van der Waals surface area contributed by atoms with Gasteiger partial charge >= 0.3 is 0 Å². The summed E-state index contributed by atoms with van der Waals surface area (Å²) >= 11 is 5.03. The van der Waals surface area contributed by atoms with Crippen molar-refractivity contribution in [2.75, 3.05) is 13.2 Å². The third-order valence-corrected chi connectivity index (χ3v) is 3.24. The maximum Gasteiger partial charge on any atom is 0.252 e. The molecule has 0 saturated carbocycles. The van der Waals surface area contributed by atoms with Crippen LogP contribution in [-0.4, -0.2) is 33.8 Å². The zero-order valence-corrected chi connectivity index (χ0v) is 12.7. The normalized spacial score (nSPS) is 10.5. The number of ether oxygens (including phenoxy) is 1. The first kappa shape index (κ1) is 16.8. The van der Waals surface area contributed by atoms with E-state index in [1.165, 1.54) is 22.8 Å². The summed E-state index contributed by atoms with van der Waals surface area (Å²) in [6, 6.07) is 4.85. The second-order valence-corrected chi connectivity index (χ2v) is 4.98. The molecule has 0 radical (unpaired) electrons. The van der Waals surface area contributed by atoms with Crippen molar-refractivity contribution in [3.8, 4) is 17.0 Å². The van der Waals surface area contributed by atoms with Crippen molar-refractivity contribution in [1.82, 2.24) is 9.55 Å². The van der Waals surface area contributed by atoms with Crippen LogP contribution in [0.3, 0.4) is 0 Å². The Bertz CT molecular complexity index is 847. The number of halogens is 1. The van der Waals surface area contributed by atoms with Gasteiger partial charge < -0.3 is 20.1 Å². The van der Waals surface area contributed by atoms with Crippen LogP contribution >= 0.6 is 12.2 Å². The van der Waals surface area contributed by atoms with E-state index in [0.29, 0.717) is 0 Å². The molecule has 0 unspecified atom stereocenters. The number of hydrogen-bond acceptors (Lipinski definition) is 5. The highest BCUT2D eigenvalue weighted by Gasteiger charge is 2.14. The predicted molar refractivity (Wildman–Crippen MR) is 83.1 cm³/mol. The third-order valence-electron chi connectivity index (χ3n) is 2.91. The Morgan fingerprint density at radius 2 is 2.17 bits per heavy atom. The number of nitrogens with one attached hydrogen (secondary N) is 1. The zero-order chi connectivity index (χ0) is 17.0. The van der Waals surface area contributed by atoms with Crippen LogP contribution in [0.5, 0.6) is 5.75 Å². The average molecular weight is 339 g/mol. The van der Waals surface area contributed by atoms with Crippen LogP contribution in [0.2, 0.25) is 0 Å².